The average Bonchev–Trinajstić information content (AvgIpc) is 2.70. The van der Waals surface area contributed by atoms with Crippen molar-refractivity contribution in [2.45, 2.75) is 37.8 Å². The summed E-state index contributed by atoms with van der Waals surface area (Å²) < 4.78 is 16.5. The van der Waals surface area contributed by atoms with E-state index in [0.29, 0.717) is 23.1 Å². The molecule has 3 rings (SSSR count). The van der Waals surface area contributed by atoms with E-state index in [1.165, 1.54) is 0 Å². The maximum atomic E-state index is 12.4. The van der Waals surface area contributed by atoms with Gasteiger partial charge in [0.2, 0.25) is 5.88 Å². The Hall–Kier alpha value is -2.96. The molecule has 0 radical (unpaired) electrons. The summed E-state index contributed by atoms with van der Waals surface area (Å²) in [6.45, 7) is 0. The van der Waals surface area contributed by atoms with Crippen LogP contribution in [0.25, 0.3) is 0 Å². The molecule has 1 aromatic heterocycles. The molecule has 2 aromatic rings. The molecule has 144 valence electrons. The molecule has 1 heterocycles. The molecule has 0 spiro atoms. The number of benzene rings is 1. The van der Waals surface area contributed by atoms with Crippen molar-refractivity contribution in [2.24, 2.45) is 0 Å². The van der Waals surface area contributed by atoms with E-state index in [9.17, 15) is 4.79 Å². The van der Waals surface area contributed by atoms with Crippen molar-refractivity contribution in [1.82, 2.24) is 10.3 Å². The number of amides is 2. The van der Waals surface area contributed by atoms with Crippen molar-refractivity contribution >= 4 is 11.7 Å². The number of rotatable bonds is 6. The quantitative estimate of drug-likeness (QED) is 0.811. The van der Waals surface area contributed by atoms with Crippen molar-refractivity contribution in [3.05, 3.63) is 42.6 Å². The van der Waals surface area contributed by atoms with Crippen LogP contribution in [-0.2, 0) is 0 Å². The van der Waals surface area contributed by atoms with E-state index in [0.717, 1.165) is 25.7 Å². The fourth-order valence-corrected chi connectivity index (χ4v) is 3.24. The zero-order chi connectivity index (χ0) is 19.1. The highest BCUT2D eigenvalue weighted by Gasteiger charge is 2.24. The van der Waals surface area contributed by atoms with Crippen molar-refractivity contribution in [3.8, 4) is 17.4 Å². The number of pyridine rings is 1. The molecule has 2 N–H and O–H groups in total. The highest BCUT2D eigenvalue weighted by molar-refractivity contribution is 5.91. The number of anilines is 1. The summed E-state index contributed by atoms with van der Waals surface area (Å²) in [6.07, 6.45) is 5.34. The van der Waals surface area contributed by atoms with Crippen molar-refractivity contribution in [3.63, 3.8) is 0 Å². The molecule has 1 aromatic carbocycles. The third-order valence-corrected chi connectivity index (χ3v) is 4.59. The van der Waals surface area contributed by atoms with Crippen LogP contribution in [0.15, 0.2) is 42.6 Å². The Balaban J connectivity index is 1.49. The van der Waals surface area contributed by atoms with Crippen LogP contribution in [0, 0.1) is 0 Å². The van der Waals surface area contributed by atoms with Gasteiger partial charge in [0.25, 0.3) is 0 Å². The third-order valence-electron chi connectivity index (χ3n) is 4.59. The summed E-state index contributed by atoms with van der Waals surface area (Å²) in [5, 5.41) is 5.86. The first-order valence-corrected chi connectivity index (χ1v) is 9.05. The molecular formula is C20H25N3O4. The van der Waals surface area contributed by atoms with E-state index >= 15 is 0 Å². The van der Waals surface area contributed by atoms with Crippen molar-refractivity contribution in [2.75, 3.05) is 19.5 Å². The lowest BCUT2D eigenvalue weighted by Gasteiger charge is -2.29. The molecule has 2 amide bonds. The minimum atomic E-state index is -0.254. The Morgan fingerprint density at radius 1 is 1.04 bits per heavy atom. The number of methoxy groups -OCH3 is 2. The Kier molecular flexibility index (Phi) is 6.35. The van der Waals surface area contributed by atoms with Gasteiger partial charge in [-0.15, -0.1) is 0 Å². The Bertz CT molecular complexity index is 746. The summed E-state index contributed by atoms with van der Waals surface area (Å²) in [4.78, 5) is 16.6. The molecule has 1 aliphatic rings. The smallest absolute Gasteiger partial charge is 0.319 e. The van der Waals surface area contributed by atoms with Gasteiger partial charge in [-0.1, -0.05) is 12.1 Å². The number of nitrogens with one attached hydrogen (secondary N) is 2. The number of ether oxygens (including phenoxy) is 3. The van der Waals surface area contributed by atoms with Crippen LogP contribution in [0.5, 0.6) is 17.4 Å². The predicted molar refractivity (Wildman–Crippen MR) is 103 cm³/mol. The van der Waals surface area contributed by atoms with E-state index in [1.807, 2.05) is 18.2 Å². The van der Waals surface area contributed by atoms with Gasteiger partial charge in [-0.2, -0.15) is 0 Å². The SMILES string of the molecule is COc1cccc(NC(=O)NC2CCC(Oc3ccccn3)CC2)c1OC. The first-order chi connectivity index (χ1) is 13.2. The van der Waals surface area contributed by atoms with E-state index < -0.39 is 0 Å². The topological polar surface area (TPSA) is 81.7 Å². The zero-order valence-electron chi connectivity index (χ0n) is 15.6. The fraction of sp³-hybridized carbons (Fsp3) is 0.400. The van der Waals surface area contributed by atoms with Gasteiger partial charge in [0.1, 0.15) is 6.10 Å². The highest BCUT2D eigenvalue weighted by Crippen LogP contribution is 2.34. The predicted octanol–water partition coefficient (Wildman–Crippen LogP) is 3.61. The van der Waals surface area contributed by atoms with Crippen LogP contribution in [0.2, 0.25) is 0 Å². The third kappa shape index (κ3) is 5.03. The molecule has 0 unspecified atom stereocenters. The van der Waals surface area contributed by atoms with Crippen LogP contribution in [-0.4, -0.2) is 37.4 Å². The van der Waals surface area contributed by atoms with Gasteiger partial charge in [0, 0.05) is 18.3 Å². The molecule has 0 aliphatic heterocycles. The summed E-state index contributed by atoms with van der Waals surface area (Å²) in [6, 6.07) is 10.9. The second kappa shape index (κ2) is 9.12. The number of carbonyl (C=O) groups excluding carboxylic acids is 1. The largest absolute Gasteiger partial charge is 0.493 e. The number of aromatic nitrogens is 1. The summed E-state index contributed by atoms with van der Waals surface area (Å²) in [5.41, 5.74) is 0.571. The Morgan fingerprint density at radius 3 is 2.52 bits per heavy atom. The second-order valence-corrected chi connectivity index (χ2v) is 6.40. The van der Waals surface area contributed by atoms with Gasteiger partial charge in [0.15, 0.2) is 11.5 Å². The van der Waals surface area contributed by atoms with Crippen LogP contribution < -0.4 is 24.8 Å². The second-order valence-electron chi connectivity index (χ2n) is 6.40. The lowest BCUT2D eigenvalue weighted by Crippen LogP contribution is -2.41. The maximum Gasteiger partial charge on any atom is 0.319 e. The van der Waals surface area contributed by atoms with Gasteiger partial charge in [0.05, 0.1) is 19.9 Å². The number of hydrogen-bond donors (Lipinski definition) is 2. The molecule has 0 saturated heterocycles. The van der Waals surface area contributed by atoms with Gasteiger partial charge in [-0.3, -0.25) is 0 Å². The summed E-state index contributed by atoms with van der Waals surface area (Å²) >= 11 is 0. The number of hydrogen-bond acceptors (Lipinski definition) is 5. The standard InChI is InChI=1S/C20H25N3O4/c1-25-17-7-5-6-16(19(17)26-2)23-20(24)22-14-9-11-15(12-10-14)27-18-8-3-4-13-21-18/h3-8,13-15H,9-12H2,1-2H3,(H2,22,23,24). The van der Waals surface area contributed by atoms with Crippen molar-refractivity contribution < 1.29 is 19.0 Å². The van der Waals surface area contributed by atoms with Crippen LogP contribution in [0.4, 0.5) is 10.5 Å². The molecule has 0 atom stereocenters. The number of carbonyl (C=O) groups is 1. The number of para-hydroxylation sites is 1. The molecule has 7 nitrogen and oxygen atoms in total. The van der Waals surface area contributed by atoms with E-state index in [-0.39, 0.29) is 18.2 Å². The van der Waals surface area contributed by atoms with E-state index in [2.05, 4.69) is 15.6 Å². The Morgan fingerprint density at radius 2 is 1.85 bits per heavy atom. The zero-order valence-corrected chi connectivity index (χ0v) is 15.6. The average molecular weight is 371 g/mol. The van der Waals surface area contributed by atoms with Crippen molar-refractivity contribution in [1.29, 1.82) is 0 Å². The summed E-state index contributed by atoms with van der Waals surface area (Å²) in [5.74, 6) is 1.72. The highest BCUT2D eigenvalue weighted by atomic mass is 16.5. The minimum absolute atomic E-state index is 0.116. The van der Waals surface area contributed by atoms with Crippen LogP contribution >= 0.6 is 0 Å². The maximum absolute atomic E-state index is 12.4. The van der Waals surface area contributed by atoms with E-state index in [4.69, 9.17) is 14.2 Å². The van der Waals surface area contributed by atoms with Gasteiger partial charge in [-0.05, 0) is 43.9 Å². The number of urea groups is 1. The molecule has 0 bridgehead atoms. The van der Waals surface area contributed by atoms with Crippen LogP contribution in [0.3, 0.4) is 0 Å². The first-order valence-electron chi connectivity index (χ1n) is 9.05. The molecular weight excluding hydrogens is 346 g/mol. The lowest BCUT2D eigenvalue weighted by molar-refractivity contribution is 0.135. The normalized spacial score (nSPS) is 19.0. The first kappa shape index (κ1) is 18.8. The van der Waals surface area contributed by atoms with E-state index in [1.54, 1.807) is 38.6 Å². The molecule has 1 fully saturated rings. The summed E-state index contributed by atoms with van der Waals surface area (Å²) in [7, 11) is 3.11. The fourth-order valence-electron chi connectivity index (χ4n) is 3.24. The minimum Gasteiger partial charge on any atom is -0.493 e. The molecule has 7 heteroatoms. The monoisotopic (exact) mass is 371 g/mol. The Labute approximate surface area is 159 Å². The molecule has 1 aliphatic carbocycles. The number of nitrogens with zero attached hydrogens (tertiary/aromatic N) is 1. The lowest BCUT2D eigenvalue weighted by atomic mass is 9.93. The van der Waals surface area contributed by atoms with Gasteiger partial charge < -0.3 is 24.8 Å². The molecule has 27 heavy (non-hydrogen) atoms. The molecule has 1 saturated carbocycles. The van der Waals surface area contributed by atoms with Crippen LogP contribution in [0.1, 0.15) is 25.7 Å². The van der Waals surface area contributed by atoms with Gasteiger partial charge >= 0.3 is 6.03 Å². The van der Waals surface area contributed by atoms with Gasteiger partial charge in [-0.25, -0.2) is 9.78 Å².